The van der Waals surface area contributed by atoms with E-state index in [1.807, 2.05) is 18.2 Å². The second-order valence-electron chi connectivity index (χ2n) is 6.08. The van der Waals surface area contributed by atoms with Gasteiger partial charge in [-0.1, -0.05) is 31.2 Å². The average Bonchev–Trinajstić information content (AvgIpc) is 2.67. The van der Waals surface area contributed by atoms with Crippen LogP contribution in [0.25, 0.3) is 11.3 Å². The number of hydrogen-bond acceptors (Lipinski definition) is 4. The van der Waals surface area contributed by atoms with Crippen LogP contribution in [0.4, 0.5) is 10.2 Å². The molecule has 1 heterocycles. The van der Waals surface area contributed by atoms with E-state index in [-0.39, 0.29) is 11.7 Å². The smallest absolute Gasteiger partial charge is 0.248 e. The van der Waals surface area contributed by atoms with Crippen molar-refractivity contribution < 1.29 is 9.18 Å². The predicted octanol–water partition coefficient (Wildman–Crippen LogP) is 3.60. The highest BCUT2D eigenvalue weighted by Crippen LogP contribution is 2.20. The largest absolute Gasteiger partial charge is 0.368 e. The fourth-order valence-electron chi connectivity index (χ4n) is 2.58. The minimum absolute atomic E-state index is 0.198. The highest BCUT2D eigenvalue weighted by molar-refractivity contribution is 5.93. The molecule has 1 atom stereocenters. The Hall–Kier alpha value is -3.28. The number of carbonyl (C=O) groups excluding carboxylic acids is 1. The summed E-state index contributed by atoms with van der Waals surface area (Å²) < 4.78 is 13.0. The van der Waals surface area contributed by atoms with Gasteiger partial charge in [0.25, 0.3) is 0 Å². The van der Waals surface area contributed by atoms with E-state index in [0.29, 0.717) is 23.6 Å². The summed E-state index contributed by atoms with van der Waals surface area (Å²) in [5.41, 5.74) is 8.22. The van der Waals surface area contributed by atoms with Crippen LogP contribution in [0.2, 0.25) is 0 Å². The van der Waals surface area contributed by atoms with Gasteiger partial charge in [0.05, 0.1) is 5.69 Å². The van der Waals surface area contributed by atoms with Gasteiger partial charge in [0, 0.05) is 17.7 Å². The molecule has 132 valence electrons. The molecule has 1 aromatic heterocycles. The van der Waals surface area contributed by atoms with E-state index >= 15 is 0 Å². The second kappa shape index (κ2) is 7.74. The van der Waals surface area contributed by atoms with E-state index in [0.717, 1.165) is 11.1 Å². The number of nitrogens with one attached hydrogen (secondary N) is 1. The van der Waals surface area contributed by atoms with Crippen LogP contribution in [-0.4, -0.2) is 22.6 Å². The molecule has 0 spiro atoms. The minimum Gasteiger partial charge on any atom is -0.368 e. The highest BCUT2D eigenvalue weighted by Gasteiger charge is 2.08. The van der Waals surface area contributed by atoms with E-state index in [4.69, 9.17) is 5.73 Å². The summed E-state index contributed by atoms with van der Waals surface area (Å²) in [6, 6.07) is 17.1. The summed E-state index contributed by atoms with van der Waals surface area (Å²) in [6.45, 7) is 2.70. The van der Waals surface area contributed by atoms with Crippen LogP contribution >= 0.6 is 0 Å². The molecule has 1 amide bonds. The topological polar surface area (TPSA) is 80.9 Å². The zero-order valence-electron chi connectivity index (χ0n) is 14.3. The number of benzene rings is 2. The van der Waals surface area contributed by atoms with Crippen molar-refractivity contribution in [3.05, 3.63) is 77.6 Å². The molecule has 3 rings (SSSR count). The third kappa shape index (κ3) is 4.22. The predicted molar refractivity (Wildman–Crippen MR) is 99.3 cm³/mol. The molecular formula is C20H19FN4O. The van der Waals surface area contributed by atoms with Gasteiger partial charge >= 0.3 is 0 Å². The summed E-state index contributed by atoms with van der Waals surface area (Å²) >= 11 is 0. The Morgan fingerprint density at radius 3 is 2.54 bits per heavy atom. The van der Waals surface area contributed by atoms with Crippen molar-refractivity contribution in [2.45, 2.75) is 12.8 Å². The molecule has 26 heavy (non-hydrogen) atoms. The number of carbonyl (C=O) groups is 1. The molecule has 0 saturated heterocycles. The lowest BCUT2D eigenvalue weighted by Crippen LogP contribution is -2.11. The number of nitrogens with zero attached hydrogens (tertiary/aromatic N) is 2. The fraction of sp³-hybridized carbons (Fsp3) is 0.150. The van der Waals surface area contributed by atoms with E-state index in [2.05, 4.69) is 22.4 Å². The third-order valence-corrected chi connectivity index (χ3v) is 4.14. The maximum atomic E-state index is 13.0. The molecule has 0 aliphatic carbocycles. The van der Waals surface area contributed by atoms with E-state index < -0.39 is 5.91 Å². The normalized spacial score (nSPS) is 11.8. The number of rotatable bonds is 6. The van der Waals surface area contributed by atoms with Crippen molar-refractivity contribution >= 4 is 11.7 Å². The van der Waals surface area contributed by atoms with Gasteiger partial charge in [-0.25, -0.2) is 4.39 Å². The van der Waals surface area contributed by atoms with Crippen molar-refractivity contribution in [3.8, 4) is 11.3 Å². The molecule has 5 nitrogen and oxygen atoms in total. The van der Waals surface area contributed by atoms with Gasteiger partial charge in [-0.2, -0.15) is 0 Å². The monoisotopic (exact) mass is 350 g/mol. The summed E-state index contributed by atoms with van der Waals surface area (Å²) in [7, 11) is 0. The number of amides is 1. The number of hydrogen-bond donors (Lipinski definition) is 2. The van der Waals surface area contributed by atoms with Crippen molar-refractivity contribution in [1.29, 1.82) is 0 Å². The number of halogens is 1. The van der Waals surface area contributed by atoms with Crippen LogP contribution in [0, 0.1) is 5.82 Å². The molecule has 0 radical (unpaired) electrons. The third-order valence-electron chi connectivity index (χ3n) is 4.14. The molecule has 0 saturated carbocycles. The fourth-order valence-corrected chi connectivity index (χ4v) is 2.58. The lowest BCUT2D eigenvalue weighted by molar-refractivity contribution is 0.100. The molecule has 6 heteroatoms. The van der Waals surface area contributed by atoms with Crippen molar-refractivity contribution in [3.63, 3.8) is 0 Å². The van der Waals surface area contributed by atoms with Crippen LogP contribution < -0.4 is 11.1 Å². The average molecular weight is 350 g/mol. The Bertz CT molecular complexity index is 894. The molecule has 0 fully saturated rings. The highest BCUT2D eigenvalue weighted by atomic mass is 19.1. The van der Waals surface area contributed by atoms with Gasteiger partial charge in [-0.05, 0) is 47.9 Å². The zero-order valence-corrected chi connectivity index (χ0v) is 14.3. The maximum Gasteiger partial charge on any atom is 0.248 e. The molecule has 0 aliphatic rings. The molecule has 0 aliphatic heterocycles. The molecule has 0 bridgehead atoms. The van der Waals surface area contributed by atoms with E-state index in [9.17, 15) is 9.18 Å². The minimum atomic E-state index is -0.479. The standard InChI is InChI=1S/C20H19FN4O/c1-13(14-5-7-17(21)8-6-14)12-23-19-10-9-18(24-25-19)15-3-2-4-16(11-15)20(22)26/h2-11,13H,12H2,1H3,(H2,22,26)(H,23,25)/t13-/m1/s1. The molecule has 2 aromatic carbocycles. The molecule has 3 N–H and O–H groups in total. The lowest BCUT2D eigenvalue weighted by atomic mass is 10.0. The first-order valence-corrected chi connectivity index (χ1v) is 8.26. The summed E-state index contributed by atoms with van der Waals surface area (Å²) in [4.78, 5) is 11.3. The number of aromatic nitrogens is 2. The van der Waals surface area contributed by atoms with Crippen LogP contribution in [0.5, 0.6) is 0 Å². The van der Waals surface area contributed by atoms with E-state index in [1.165, 1.54) is 12.1 Å². The lowest BCUT2D eigenvalue weighted by Gasteiger charge is -2.13. The molecule has 3 aromatic rings. The first-order chi connectivity index (χ1) is 12.5. The Labute approximate surface area is 151 Å². The Morgan fingerprint density at radius 2 is 1.88 bits per heavy atom. The maximum absolute atomic E-state index is 13.0. The quantitative estimate of drug-likeness (QED) is 0.712. The van der Waals surface area contributed by atoms with E-state index in [1.54, 1.807) is 30.3 Å². The Balaban J connectivity index is 1.65. The Morgan fingerprint density at radius 1 is 1.12 bits per heavy atom. The number of anilines is 1. The van der Waals surface area contributed by atoms with Crippen LogP contribution in [0.1, 0.15) is 28.8 Å². The molecule has 0 unspecified atom stereocenters. The van der Waals surface area contributed by atoms with Gasteiger partial charge in [0.2, 0.25) is 5.91 Å². The first-order valence-electron chi connectivity index (χ1n) is 8.26. The summed E-state index contributed by atoms with van der Waals surface area (Å²) in [5, 5.41) is 11.6. The SMILES string of the molecule is C[C@H](CNc1ccc(-c2cccc(C(N)=O)c2)nn1)c1ccc(F)cc1. The van der Waals surface area contributed by atoms with Gasteiger partial charge < -0.3 is 11.1 Å². The van der Waals surface area contributed by atoms with Gasteiger partial charge in [0.1, 0.15) is 11.6 Å². The first kappa shape index (κ1) is 17.5. The summed E-state index contributed by atoms with van der Waals surface area (Å²) in [5.74, 6) is 0.127. The molecular weight excluding hydrogens is 331 g/mol. The van der Waals surface area contributed by atoms with Crippen LogP contribution in [0.15, 0.2) is 60.7 Å². The second-order valence-corrected chi connectivity index (χ2v) is 6.08. The Kier molecular flexibility index (Phi) is 5.22. The zero-order chi connectivity index (χ0) is 18.5. The van der Waals surface area contributed by atoms with Crippen LogP contribution in [0.3, 0.4) is 0 Å². The van der Waals surface area contributed by atoms with Crippen molar-refractivity contribution in [2.75, 3.05) is 11.9 Å². The summed E-state index contributed by atoms with van der Waals surface area (Å²) in [6.07, 6.45) is 0. The van der Waals surface area contributed by atoms with Gasteiger partial charge in [-0.3, -0.25) is 4.79 Å². The number of primary amides is 1. The van der Waals surface area contributed by atoms with Crippen molar-refractivity contribution in [2.24, 2.45) is 5.73 Å². The van der Waals surface area contributed by atoms with Gasteiger partial charge in [0.15, 0.2) is 0 Å². The van der Waals surface area contributed by atoms with Crippen LogP contribution in [-0.2, 0) is 0 Å². The van der Waals surface area contributed by atoms with Crippen molar-refractivity contribution in [1.82, 2.24) is 10.2 Å². The number of nitrogens with two attached hydrogens (primary N) is 1. The van der Waals surface area contributed by atoms with Gasteiger partial charge in [-0.15, -0.1) is 10.2 Å².